The molecule has 0 saturated heterocycles. The molecular weight excluding hydrogens is 366 g/mol. The van der Waals surface area contributed by atoms with Crippen LogP contribution >= 0.6 is 0 Å². The van der Waals surface area contributed by atoms with Crippen molar-refractivity contribution in [3.8, 4) is 0 Å². The first kappa shape index (κ1) is 22.1. The normalized spacial score (nSPS) is 16.4. The highest BCUT2D eigenvalue weighted by molar-refractivity contribution is 5.51. The minimum atomic E-state index is -0.00329. The lowest BCUT2D eigenvalue weighted by molar-refractivity contribution is 0.413. The van der Waals surface area contributed by atoms with E-state index in [-0.39, 0.29) is 11.3 Å². The van der Waals surface area contributed by atoms with E-state index in [9.17, 15) is 0 Å². The predicted molar refractivity (Wildman–Crippen MR) is 129 cm³/mol. The summed E-state index contributed by atoms with van der Waals surface area (Å²) in [7, 11) is 0. The number of nitrogens with two attached hydrogens (primary N) is 2. The van der Waals surface area contributed by atoms with Crippen molar-refractivity contribution in [1.29, 1.82) is 0 Å². The number of nitrogens with zero attached hydrogens (tertiary/aromatic N) is 1. The van der Waals surface area contributed by atoms with E-state index >= 15 is 0 Å². The molecule has 0 unspecified atom stereocenters. The van der Waals surface area contributed by atoms with Crippen molar-refractivity contribution in [1.82, 2.24) is 0 Å². The third-order valence-corrected chi connectivity index (χ3v) is 6.21. The summed E-state index contributed by atoms with van der Waals surface area (Å²) in [5.74, 6) is 0.559. The van der Waals surface area contributed by atoms with Crippen LogP contribution < -0.4 is 16.4 Å². The van der Waals surface area contributed by atoms with Gasteiger partial charge in [-0.25, -0.2) is 0 Å². The summed E-state index contributed by atoms with van der Waals surface area (Å²) in [6.45, 7) is 8.29. The van der Waals surface area contributed by atoms with E-state index in [1.165, 1.54) is 16.8 Å². The van der Waals surface area contributed by atoms with Crippen LogP contribution in [-0.4, -0.2) is 19.6 Å². The maximum absolute atomic E-state index is 5.89. The number of benzene rings is 2. The number of allylic oxidation sites excluding steroid dienone is 4. The largest absolute Gasteiger partial charge is 0.349 e. The summed E-state index contributed by atoms with van der Waals surface area (Å²) in [6.07, 6.45) is 13.2. The van der Waals surface area contributed by atoms with Gasteiger partial charge in [-0.1, -0.05) is 73.3 Å². The van der Waals surface area contributed by atoms with Gasteiger partial charge in [0.2, 0.25) is 0 Å². The molecule has 2 aromatic carbocycles. The number of hydrogen-bond donors (Lipinski definition) is 2. The first-order valence-electron chi connectivity index (χ1n) is 11.0. The lowest BCUT2D eigenvalue weighted by atomic mass is 9.72. The lowest BCUT2D eigenvalue weighted by Gasteiger charge is -2.33. The molecule has 0 bridgehead atoms. The molecule has 1 aliphatic rings. The van der Waals surface area contributed by atoms with Crippen LogP contribution in [0.15, 0.2) is 91.7 Å². The van der Waals surface area contributed by atoms with Crippen molar-refractivity contribution in [3.63, 3.8) is 0 Å². The van der Waals surface area contributed by atoms with Gasteiger partial charge in [-0.05, 0) is 62.3 Å². The highest BCUT2D eigenvalue weighted by Crippen LogP contribution is 2.41. The molecule has 0 spiro atoms. The quantitative estimate of drug-likeness (QED) is 0.537. The monoisotopic (exact) mass is 401 g/mol. The van der Waals surface area contributed by atoms with Crippen LogP contribution in [0.25, 0.3) is 0 Å². The Morgan fingerprint density at radius 2 is 1.50 bits per heavy atom. The van der Waals surface area contributed by atoms with Gasteiger partial charge in [-0.15, -0.1) is 0 Å². The fourth-order valence-electron chi connectivity index (χ4n) is 4.53. The SMILES string of the molecule is C=CN(CC)c1ccc([C@H](c2ccccc2)C2C=CC(CCN)(CCN)C=C2)cc1. The molecule has 1 aliphatic carbocycles. The summed E-state index contributed by atoms with van der Waals surface area (Å²) in [5, 5.41) is 0. The lowest BCUT2D eigenvalue weighted by Crippen LogP contribution is -2.26. The molecule has 158 valence electrons. The van der Waals surface area contributed by atoms with E-state index in [1.54, 1.807) is 0 Å². The number of hydrogen-bond acceptors (Lipinski definition) is 3. The molecule has 0 radical (unpaired) electrons. The molecule has 3 rings (SSSR count). The van der Waals surface area contributed by atoms with E-state index < -0.39 is 0 Å². The zero-order valence-electron chi connectivity index (χ0n) is 18.1. The molecule has 2 aromatic rings. The average molecular weight is 402 g/mol. The smallest absolute Gasteiger partial charge is 0.0405 e. The maximum Gasteiger partial charge on any atom is 0.0405 e. The molecule has 0 saturated carbocycles. The van der Waals surface area contributed by atoms with Crippen molar-refractivity contribution in [2.75, 3.05) is 24.5 Å². The van der Waals surface area contributed by atoms with Crippen LogP contribution in [0.4, 0.5) is 5.69 Å². The van der Waals surface area contributed by atoms with E-state index in [4.69, 9.17) is 11.5 Å². The number of rotatable bonds is 10. The van der Waals surface area contributed by atoms with Crippen molar-refractivity contribution in [3.05, 3.63) is 103 Å². The van der Waals surface area contributed by atoms with Crippen LogP contribution in [0.3, 0.4) is 0 Å². The fraction of sp³-hybridized carbons (Fsp3) is 0.333. The highest BCUT2D eigenvalue weighted by Gasteiger charge is 2.29. The minimum Gasteiger partial charge on any atom is -0.349 e. The van der Waals surface area contributed by atoms with E-state index in [0.717, 1.165) is 19.4 Å². The fourth-order valence-corrected chi connectivity index (χ4v) is 4.53. The van der Waals surface area contributed by atoms with E-state index in [0.29, 0.717) is 19.0 Å². The Morgan fingerprint density at radius 3 is 2.00 bits per heavy atom. The first-order chi connectivity index (χ1) is 14.7. The van der Waals surface area contributed by atoms with Crippen molar-refractivity contribution in [2.24, 2.45) is 22.8 Å². The zero-order chi connectivity index (χ0) is 21.4. The van der Waals surface area contributed by atoms with Gasteiger partial charge in [0.25, 0.3) is 0 Å². The summed E-state index contributed by atoms with van der Waals surface area (Å²) in [6, 6.07) is 19.7. The van der Waals surface area contributed by atoms with Gasteiger partial charge >= 0.3 is 0 Å². The Kier molecular flexibility index (Phi) is 7.67. The van der Waals surface area contributed by atoms with E-state index in [2.05, 4.69) is 97.3 Å². The Bertz CT molecular complexity index is 829. The molecular formula is C27H35N3. The summed E-state index contributed by atoms with van der Waals surface area (Å²) in [4.78, 5) is 2.15. The summed E-state index contributed by atoms with van der Waals surface area (Å²) in [5.41, 5.74) is 15.6. The zero-order valence-corrected chi connectivity index (χ0v) is 18.1. The minimum absolute atomic E-state index is 0.00329. The van der Waals surface area contributed by atoms with Crippen LogP contribution in [-0.2, 0) is 0 Å². The molecule has 1 atom stereocenters. The van der Waals surface area contributed by atoms with Gasteiger partial charge in [0, 0.05) is 29.5 Å². The van der Waals surface area contributed by atoms with Crippen LogP contribution in [0, 0.1) is 11.3 Å². The number of anilines is 1. The average Bonchev–Trinajstić information content (AvgIpc) is 2.78. The van der Waals surface area contributed by atoms with Crippen molar-refractivity contribution in [2.45, 2.75) is 25.7 Å². The topological polar surface area (TPSA) is 55.3 Å². The van der Waals surface area contributed by atoms with Gasteiger partial charge in [0.05, 0.1) is 0 Å². The third-order valence-electron chi connectivity index (χ3n) is 6.21. The van der Waals surface area contributed by atoms with Gasteiger partial charge in [-0.2, -0.15) is 0 Å². The Balaban J connectivity index is 1.94. The second kappa shape index (κ2) is 10.4. The molecule has 0 fully saturated rings. The Labute approximate surface area is 181 Å². The van der Waals surface area contributed by atoms with E-state index in [1.807, 2.05) is 6.20 Å². The molecule has 0 heterocycles. The van der Waals surface area contributed by atoms with Crippen molar-refractivity contribution >= 4 is 5.69 Å². The second-order valence-electron chi connectivity index (χ2n) is 8.05. The summed E-state index contributed by atoms with van der Waals surface area (Å²) >= 11 is 0. The van der Waals surface area contributed by atoms with Crippen molar-refractivity contribution < 1.29 is 0 Å². The van der Waals surface area contributed by atoms with Crippen LogP contribution in [0.1, 0.15) is 36.8 Å². The molecule has 3 heteroatoms. The molecule has 0 aliphatic heterocycles. The van der Waals surface area contributed by atoms with Gasteiger partial charge in [0.1, 0.15) is 0 Å². The molecule has 0 aromatic heterocycles. The highest BCUT2D eigenvalue weighted by atomic mass is 15.1. The third kappa shape index (κ3) is 4.92. The molecule has 30 heavy (non-hydrogen) atoms. The van der Waals surface area contributed by atoms with Gasteiger partial charge in [-0.3, -0.25) is 0 Å². The van der Waals surface area contributed by atoms with Gasteiger partial charge < -0.3 is 16.4 Å². The Morgan fingerprint density at radius 1 is 0.933 bits per heavy atom. The summed E-state index contributed by atoms with van der Waals surface area (Å²) < 4.78 is 0. The second-order valence-corrected chi connectivity index (χ2v) is 8.05. The first-order valence-corrected chi connectivity index (χ1v) is 11.0. The molecule has 4 N–H and O–H groups in total. The molecule has 0 amide bonds. The van der Waals surface area contributed by atoms with Crippen LogP contribution in [0.2, 0.25) is 0 Å². The Hall–Kier alpha value is -2.62. The predicted octanol–water partition coefficient (Wildman–Crippen LogP) is 5.21. The molecule has 3 nitrogen and oxygen atoms in total. The maximum atomic E-state index is 5.89. The standard InChI is InChI=1S/C27H35N3/c1-3-30(4-2)25-12-10-23(11-13-25)26(22-8-6-5-7-9-22)24-14-16-27(17-15-24,18-20-28)19-21-29/h3,5-17,24,26H,1,4,18-21,28-29H2,2H3/t26-/m0/s1. The van der Waals surface area contributed by atoms with Crippen LogP contribution in [0.5, 0.6) is 0 Å². The van der Waals surface area contributed by atoms with Gasteiger partial charge in [0.15, 0.2) is 0 Å².